The smallest absolute Gasteiger partial charge is 0.295 e. The first kappa shape index (κ1) is 20.2. The second-order valence-corrected chi connectivity index (χ2v) is 6.71. The number of ether oxygens (including phenoxy) is 2. The number of carbonyl (C=O) groups excluding carboxylic acids is 2. The Kier molecular flexibility index (Phi) is 5.73. The van der Waals surface area contributed by atoms with Crippen molar-refractivity contribution in [3.8, 4) is 11.5 Å². The lowest BCUT2D eigenvalue weighted by molar-refractivity contribution is -0.139. The highest BCUT2D eigenvalue weighted by Gasteiger charge is 2.46. The average molecular weight is 393 g/mol. The van der Waals surface area contributed by atoms with E-state index >= 15 is 0 Å². The number of nitrogens with zero attached hydrogens (tertiary/aromatic N) is 1. The summed E-state index contributed by atoms with van der Waals surface area (Å²) in [6, 6.07) is 11.4. The van der Waals surface area contributed by atoms with Crippen molar-refractivity contribution in [2.24, 2.45) is 0 Å². The molecule has 6 nitrogen and oxygen atoms in total. The third-order valence-corrected chi connectivity index (χ3v) is 4.93. The molecule has 1 heterocycles. The van der Waals surface area contributed by atoms with Crippen LogP contribution in [0.2, 0.25) is 0 Å². The van der Waals surface area contributed by atoms with Crippen LogP contribution in [0.4, 0.5) is 0 Å². The van der Waals surface area contributed by atoms with Crippen molar-refractivity contribution < 1.29 is 24.2 Å². The number of amides is 1. The van der Waals surface area contributed by atoms with Crippen LogP contribution in [0.1, 0.15) is 22.7 Å². The van der Waals surface area contributed by atoms with Gasteiger partial charge in [-0.1, -0.05) is 35.9 Å². The third kappa shape index (κ3) is 3.61. The van der Waals surface area contributed by atoms with Gasteiger partial charge in [0, 0.05) is 23.7 Å². The zero-order valence-corrected chi connectivity index (χ0v) is 16.6. The molecule has 1 saturated heterocycles. The second kappa shape index (κ2) is 8.22. The highest BCUT2D eigenvalue weighted by Crippen LogP contribution is 2.43. The Morgan fingerprint density at radius 2 is 1.83 bits per heavy atom. The summed E-state index contributed by atoms with van der Waals surface area (Å²) in [7, 11) is 3.04. The van der Waals surface area contributed by atoms with Crippen molar-refractivity contribution in [1.29, 1.82) is 0 Å². The van der Waals surface area contributed by atoms with Crippen LogP contribution in [0.25, 0.3) is 5.76 Å². The fraction of sp³-hybridized carbons (Fsp3) is 0.217. The highest BCUT2D eigenvalue weighted by molar-refractivity contribution is 6.46. The van der Waals surface area contributed by atoms with E-state index in [9.17, 15) is 14.7 Å². The molecule has 2 aromatic rings. The summed E-state index contributed by atoms with van der Waals surface area (Å²) in [6.07, 6.45) is 1.54. The summed E-state index contributed by atoms with van der Waals surface area (Å²) in [6.45, 7) is 5.76. The van der Waals surface area contributed by atoms with Gasteiger partial charge in [-0.25, -0.2) is 0 Å². The number of benzene rings is 2. The number of likely N-dealkylation sites (tertiary alicyclic amines) is 1. The molecule has 2 aromatic carbocycles. The number of ketones is 1. The molecular weight excluding hydrogens is 370 g/mol. The van der Waals surface area contributed by atoms with Gasteiger partial charge < -0.3 is 19.5 Å². The number of methoxy groups -OCH3 is 2. The Bertz CT molecular complexity index is 991. The number of hydrogen-bond acceptors (Lipinski definition) is 5. The summed E-state index contributed by atoms with van der Waals surface area (Å²) in [4.78, 5) is 27.0. The van der Waals surface area contributed by atoms with Crippen LogP contribution in [0.3, 0.4) is 0 Å². The Morgan fingerprint density at radius 1 is 1.14 bits per heavy atom. The zero-order valence-electron chi connectivity index (χ0n) is 16.6. The fourth-order valence-corrected chi connectivity index (χ4v) is 3.44. The standard InChI is InChI=1S/C23H23NO5/c1-5-12-24-20(17-11-10-16(28-3)13-18(17)29-4)19(22(26)23(24)27)21(25)15-8-6-14(2)7-9-15/h5-11,13,20,25H,1,12H2,2-4H3/b21-19+/t20-/m1/s1. The summed E-state index contributed by atoms with van der Waals surface area (Å²) in [5, 5.41) is 11.0. The van der Waals surface area contributed by atoms with Crippen molar-refractivity contribution in [3.63, 3.8) is 0 Å². The zero-order chi connectivity index (χ0) is 21.1. The van der Waals surface area contributed by atoms with Crippen LogP contribution in [0.15, 0.2) is 60.7 Å². The summed E-state index contributed by atoms with van der Waals surface area (Å²) in [5.41, 5.74) is 2.07. The lowest BCUT2D eigenvalue weighted by atomic mass is 9.94. The van der Waals surface area contributed by atoms with E-state index in [2.05, 4.69) is 6.58 Å². The molecule has 1 aliphatic heterocycles. The summed E-state index contributed by atoms with van der Waals surface area (Å²) >= 11 is 0. The predicted octanol–water partition coefficient (Wildman–Crippen LogP) is 3.62. The molecule has 1 fully saturated rings. The molecule has 0 saturated carbocycles. The maximum absolute atomic E-state index is 12.9. The largest absolute Gasteiger partial charge is 0.507 e. The normalized spacial score (nSPS) is 18.0. The van der Waals surface area contributed by atoms with E-state index in [-0.39, 0.29) is 17.9 Å². The van der Waals surface area contributed by atoms with Gasteiger partial charge in [-0.15, -0.1) is 6.58 Å². The van der Waals surface area contributed by atoms with Gasteiger partial charge >= 0.3 is 0 Å². The molecule has 0 radical (unpaired) electrons. The van der Waals surface area contributed by atoms with Crippen LogP contribution < -0.4 is 9.47 Å². The SMILES string of the molecule is C=CCN1C(=O)C(=O)/C(=C(/O)c2ccc(C)cc2)[C@H]1c1ccc(OC)cc1OC. The highest BCUT2D eigenvalue weighted by atomic mass is 16.5. The maximum atomic E-state index is 12.9. The van der Waals surface area contributed by atoms with Gasteiger partial charge in [0.25, 0.3) is 11.7 Å². The van der Waals surface area contributed by atoms with Crippen molar-refractivity contribution in [3.05, 3.63) is 77.4 Å². The number of hydrogen-bond donors (Lipinski definition) is 1. The van der Waals surface area contributed by atoms with Gasteiger partial charge in [-0.05, 0) is 19.1 Å². The lowest BCUT2D eigenvalue weighted by Gasteiger charge is -2.25. The van der Waals surface area contributed by atoms with Gasteiger partial charge in [0.15, 0.2) is 0 Å². The molecule has 6 heteroatoms. The van der Waals surface area contributed by atoms with Crippen molar-refractivity contribution >= 4 is 17.4 Å². The van der Waals surface area contributed by atoms with Gasteiger partial charge in [-0.3, -0.25) is 9.59 Å². The van der Waals surface area contributed by atoms with Crippen molar-refractivity contribution in [2.75, 3.05) is 20.8 Å². The molecule has 0 aromatic heterocycles. The maximum Gasteiger partial charge on any atom is 0.295 e. The topological polar surface area (TPSA) is 76.1 Å². The minimum Gasteiger partial charge on any atom is -0.507 e. The number of aliphatic hydroxyl groups excluding tert-OH is 1. The van der Waals surface area contributed by atoms with Gasteiger partial charge in [-0.2, -0.15) is 0 Å². The van der Waals surface area contributed by atoms with Gasteiger partial charge in [0.05, 0.1) is 25.8 Å². The molecule has 1 N–H and O–H groups in total. The average Bonchev–Trinajstić information content (AvgIpc) is 2.98. The molecule has 1 aliphatic rings. The van der Waals surface area contributed by atoms with Crippen LogP contribution in [-0.4, -0.2) is 42.5 Å². The van der Waals surface area contributed by atoms with E-state index in [1.165, 1.54) is 19.1 Å². The Hall–Kier alpha value is -3.54. The molecule has 150 valence electrons. The molecule has 0 bridgehead atoms. The van der Waals surface area contributed by atoms with Crippen molar-refractivity contribution in [2.45, 2.75) is 13.0 Å². The lowest BCUT2D eigenvalue weighted by Crippen LogP contribution is -2.29. The van der Waals surface area contributed by atoms with E-state index in [1.807, 2.05) is 19.1 Å². The van der Waals surface area contributed by atoms with E-state index in [0.717, 1.165) is 5.56 Å². The molecular formula is C23H23NO5. The minimum absolute atomic E-state index is 0.0177. The number of Topliss-reactive ketones (excluding diaryl/α,β-unsaturated/α-hetero) is 1. The molecule has 1 atom stereocenters. The summed E-state index contributed by atoms with van der Waals surface area (Å²) in [5.74, 6) is -0.642. The number of aryl methyl sites for hydroxylation is 1. The molecule has 0 aliphatic carbocycles. The third-order valence-electron chi connectivity index (χ3n) is 4.93. The predicted molar refractivity (Wildman–Crippen MR) is 110 cm³/mol. The molecule has 0 unspecified atom stereocenters. The van der Waals surface area contributed by atoms with Crippen LogP contribution in [0.5, 0.6) is 11.5 Å². The van der Waals surface area contributed by atoms with Crippen molar-refractivity contribution in [1.82, 2.24) is 4.90 Å². The quantitative estimate of drug-likeness (QED) is 0.351. The first-order valence-electron chi connectivity index (χ1n) is 9.11. The Balaban J connectivity index is 2.24. The molecule has 3 rings (SSSR count). The second-order valence-electron chi connectivity index (χ2n) is 6.71. The van der Waals surface area contributed by atoms with Crippen LogP contribution in [0, 0.1) is 6.92 Å². The van der Waals surface area contributed by atoms with Gasteiger partial charge in [0.2, 0.25) is 0 Å². The Morgan fingerprint density at radius 3 is 2.41 bits per heavy atom. The van der Waals surface area contributed by atoms with E-state index in [0.29, 0.717) is 22.6 Å². The number of carbonyl (C=O) groups is 2. The first-order valence-corrected chi connectivity index (χ1v) is 9.11. The fourth-order valence-electron chi connectivity index (χ4n) is 3.44. The minimum atomic E-state index is -0.810. The van der Waals surface area contributed by atoms with Crippen LogP contribution >= 0.6 is 0 Å². The van der Waals surface area contributed by atoms with E-state index in [4.69, 9.17) is 9.47 Å². The number of rotatable bonds is 6. The first-order chi connectivity index (χ1) is 13.9. The van der Waals surface area contributed by atoms with E-state index in [1.54, 1.807) is 36.4 Å². The molecule has 29 heavy (non-hydrogen) atoms. The molecule has 1 amide bonds. The Labute approximate surface area is 169 Å². The van der Waals surface area contributed by atoms with Crippen LogP contribution in [-0.2, 0) is 9.59 Å². The summed E-state index contributed by atoms with van der Waals surface area (Å²) < 4.78 is 10.7. The number of aliphatic hydroxyl groups is 1. The van der Waals surface area contributed by atoms with Gasteiger partial charge in [0.1, 0.15) is 17.3 Å². The van der Waals surface area contributed by atoms with E-state index < -0.39 is 17.7 Å². The monoisotopic (exact) mass is 393 g/mol. The molecule has 0 spiro atoms.